The van der Waals surface area contributed by atoms with Gasteiger partial charge in [-0.05, 0) is 28.8 Å². The van der Waals surface area contributed by atoms with Crippen LogP contribution in [0.25, 0.3) is 0 Å². The molecule has 2 rings (SSSR count). The van der Waals surface area contributed by atoms with E-state index in [1.54, 1.807) is 0 Å². The molecular formula is C13H19N2O5PS2. The molecule has 0 aliphatic carbocycles. The van der Waals surface area contributed by atoms with Crippen molar-refractivity contribution in [2.24, 2.45) is 5.41 Å². The maximum atomic E-state index is 12.4. The molecule has 128 valence electrons. The maximum Gasteiger partial charge on any atom is 0.273 e. The topological polar surface area (TPSA) is 93.7 Å². The van der Waals surface area contributed by atoms with Gasteiger partial charge in [-0.15, -0.1) is 0 Å². The van der Waals surface area contributed by atoms with E-state index in [9.17, 15) is 13.2 Å². The van der Waals surface area contributed by atoms with Crippen LogP contribution >= 0.6 is 7.07 Å². The van der Waals surface area contributed by atoms with Crippen molar-refractivity contribution in [2.75, 3.05) is 18.5 Å². The van der Waals surface area contributed by atoms with Crippen LogP contribution in [-0.2, 0) is 36.1 Å². The number of carbonyl (C=O) groups excluding carboxylic acids is 1. The van der Waals surface area contributed by atoms with Crippen molar-refractivity contribution in [1.82, 2.24) is 4.49 Å². The molecule has 1 aromatic rings. The Hall–Kier alpha value is -0.700. The van der Waals surface area contributed by atoms with Gasteiger partial charge in [-0.1, -0.05) is 13.8 Å². The number of sulfonamides is 1. The number of hydrogen-bond donors (Lipinski definition) is 2. The first-order valence-corrected chi connectivity index (χ1v) is 10.9. The van der Waals surface area contributed by atoms with E-state index in [0.29, 0.717) is 18.9 Å². The van der Waals surface area contributed by atoms with Gasteiger partial charge in [0.1, 0.15) is 13.2 Å². The van der Waals surface area contributed by atoms with Crippen LogP contribution in [0.4, 0.5) is 5.69 Å². The SMILES string of the molecule is CC(=O)Nc1ccc(S(=O)(=O)N[P+]2([S-])OCC(C)(C)CO2)cc1. The Kier molecular flexibility index (Phi) is 5.40. The van der Waals surface area contributed by atoms with Gasteiger partial charge in [-0.3, -0.25) is 4.79 Å². The summed E-state index contributed by atoms with van der Waals surface area (Å²) in [4.78, 5) is 11.0. The van der Waals surface area contributed by atoms with Gasteiger partial charge in [-0.25, -0.2) is 17.5 Å². The summed E-state index contributed by atoms with van der Waals surface area (Å²) in [5.41, 5.74) is 0.305. The Morgan fingerprint density at radius 2 is 1.74 bits per heavy atom. The highest BCUT2D eigenvalue weighted by Gasteiger charge is 2.42. The molecule has 2 N–H and O–H groups in total. The van der Waals surface area contributed by atoms with Crippen molar-refractivity contribution in [3.8, 4) is 0 Å². The summed E-state index contributed by atoms with van der Waals surface area (Å²) in [5, 5.41) is 2.56. The molecule has 1 aromatic carbocycles. The molecular weight excluding hydrogens is 359 g/mol. The van der Waals surface area contributed by atoms with E-state index in [1.807, 2.05) is 13.8 Å². The summed E-state index contributed by atoms with van der Waals surface area (Å²) in [7, 11) is -6.96. The third-order valence-electron chi connectivity index (χ3n) is 2.97. The molecule has 0 atom stereocenters. The quantitative estimate of drug-likeness (QED) is 0.616. The van der Waals surface area contributed by atoms with Gasteiger partial charge in [0.15, 0.2) is 0 Å². The smallest absolute Gasteiger partial charge is 0.273 e. The summed E-state index contributed by atoms with van der Waals surface area (Å²) in [6.45, 7) is 5.92. The fourth-order valence-electron chi connectivity index (χ4n) is 1.77. The standard InChI is InChI=1S/C13H19N2O5PS2/c1-10(16)14-11-4-6-12(7-5-11)23(17,18)15-21(22)19-8-13(2,3)9-20-21/h4-7H,8-9H2,1-3H3,(H,14,16)(H,15,22). The second kappa shape index (κ2) is 6.66. The molecule has 0 radical (unpaired) electrons. The zero-order valence-electron chi connectivity index (χ0n) is 13.0. The molecule has 1 fully saturated rings. The molecule has 1 aliphatic heterocycles. The molecule has 1 saturated heterocycles. The van der Waals surface area contributed by atoms with Crippen molar-refractivity contribution in [3.63, 3.8) is 0 Å². The van der Waals surface area contributed by atoms with Crippen molar-refractivity contribution >= 4 is 40.9 Å². The first kappa shape index (κ1) is 18.6. The van der Waals surface area contributed by atoms with E-state index in [2.05, 4.69) is 9.81 Å². The van der Waals surface area contributed by atoms with Crippen LogP contribution < -0.4 is 9.81 Å². The molecule has 0 unspecified atom stereocenters. The predicted octanol–water partition coefficient (Wildman–Crippen LogP) is 2.22. The minimum atomic E-state index is -3.87. The lowest BCUT2D eigenvalue weighted by atomic mass is 9.97. The molecule has 1 amide bonds. The highest BCUT2D eigenvalue weighted by atomic mass is 32.7. The Morgan fingerprint density at radius 1 is 1.22 bits per heavy atom. The molecule has 0 bridgehead atoms. The van der Waals surface area contributed by atoms with Crippen LogP contribution in [-0.4, -0.2) is 27.5 Å². The van der Waals surface area contributed by atoms with Gasteiger partial charge in [0.05, 0.1) is 4.90 Å². The highest BCUT2D eigenvalue weighted by Crippen LogP contribution is 2.60. The van der Waals surface area contributed by atoms with Gasteiger partial charge in [-0.2, -0.15) is 0 Å². The number of hydrogen-bond acceptors (Lipinski definition) is 6. The molecule has 1 aliphatic rings. The molecule has 10 heteroatoms. The van der Waals surface area contributed by atoms with Crippen LogP contribution in [0.5, 0.6) is 0 Å². The Balaban J connectivity index is 2.11. The van der Waals surface area contributed by atoms with E-state index in [1.165, 1.54) is 31.2 Å². The van der Waals surface area contributed by atoms with E-state index in [-0.39, 0.29) is 16.2 Å². The Labute approximate surface area is 141 Å². The van der Waals surface area contributed by atoms with Gasteiger partial charge in [0.2, 0.25) is 13.0 Å². The number of nitrogens with one attached hydrogen (secondary N) is 2. The molecule has 23 heavy (non-hydrogen) atoms. The normalized spacial score (nSPS) is 20.0. The van der Waals surface area contributed by atoms with Crippen molar-refractivity contribution in [2.45, 2.75) is 25.7 Å². The van der Waals surface area contributed by atoms with Gasteiger partial charge < -0.3 is 17.6 Å². The number of benzene rings is 1. The number of anilines is 1. The second-order valence-corrected chi connectivity index (χ2v) is 11.2. The fourth-order valence-corrected chi connectivity index (χ4v) is 6.60. The van der Waals surface area contributed by atoms with Crippen LogP contribution in [0.2, 0.25) is 0 Å². The first-order chi connectivity index (χ1) is 10.5. The number of amides is 1. The van der Waals surface area contributed by atoms with E-state index < -0.39 is 17.1 Å². The van der Waals surface area contributed by atoms with Crippen molar-refractivity contribution < 1.29 is 22.3 Å². The lowest BCUT2D eigenvalue weighted by Gasteiger charge is -2.38. The summed E-state index contributed by atoms with van der Waals surface area (Å²) in [5.74, 6) is -0.235. The van der Waals surface area contributed by atoms with Gasteiger partial charge in [0.25, 0.3) is 10.0 Å². The summed E-state index contributed by atoms with van der Waals surface area (Å²) in [6, 6.07) is 5.75. The highest BCUT2D eigenvalue weighted by molar-refractivity contribution is 8.39. The first-order valence-electron chi connectivity index (χ1n) is 6.82. The van der Waals surface area contributed by atoms with Crippen LogP contribution in [0.1, 0.15) is 20.8 Å². The van der Waals surface area contributed by atoms with Crippen molar-refractivity contribution in [1.29, 1.82) is 0 Å². The number of rotatable bonds is 4. The van der Waals surface area contributed by atoms with Gasteiger partial charge >= 0.3 is 0 Å². The third kappa shape index (κ3) is 5.14. The second-order valence-electron chi connectivity index (χ2n) is 6.01. The van der Waals surface area contributed by atoms with E-state index in [0.717, 1.165) is 0 Å². The zero-order chi connectivity index (χ0) is 17.3. The maximum absolute atomic E-state index is 12.4. The van der Waals surface area contributed by atoms with Crippen LogP contribution in [0.3, 0.4) is 0 Å². The van der Waals surface area contributed by atoms with E-state index in [4.69, 9.17) is 21.3 Å². The molecule has 7 nitrogen and oxygen atoms in total. The fraction of sp³-hybridized carbons (Fsp3) is 0.462. The zero-order valence-corrected chi connectivity index (χ0v) is 15.6. The minimum Gasteiger partial charge on any atom is -0.471 e. The molecule has 1 heterocycles. The predicted molar refractivity (Wildman–Crippen MR) is 91.0 cm³/mol. The summed E-state index contributed by atoms with van der Waals surface area (Å²) >= 11 is 5.21. The number of carbonyl (C=O) groups is 1. The molecule has 0 aromatic heterocycles. The monoisotopic (exact) mass is 378 g/mol. The Morgan fingerprint density at radius 3 is 2.22 bits per heavy atom. The lowest BCUT2D eigenvalue weighted by molar-refractivity contribution is -0.114. The molecule has 0 saturated carbocycles. The van der Waals surface area contributed by atoms with Gasteiger partial charge in [0, 0.05) is 18.0 Å². The summed E-state index contributed by atoms with van der Waals surface area (Å²) < 4.78 is 38.1. The van der Waals surface area contributed by atoms with E-state index >= 15 is 0 Å². The molecule has 0 spiro atoms. The van der Waals surface area contributed by atoms with Crippen LogP contribution in [0.15, 0.2) is 29.2 Å². The van der Waals surface area contributed by atoms with Crippen molar-refractivity contribution in [3.05, 3.63) is 24.3 Å². The lowest BCUT2D eigenvalue weighted by Crippen LogP contribution is -2.36. The minimum absolute atomic E-state index is 0.0212. The average molecular weight is 378 g/mol. The largest absolute Gasteiger partial charge is 0.471 e. The third-order valence-corrected chi connectivity index (χ3v) is 7.96. The average Bonchev–Trinajstić information content (AvgIpc) is 2.42. The van der Waals surface area contributed by atoms with Crippen LogP contribution in [0, 0.1) is 5.41 Å². The Bertz CT molecular complexity index is 681. The summed E-state index contributed by atoms with van der Waals surface area (Å²) in [6.07, 6.45) is 0.